The van der Waals surface area contributed by atoms with E-state index in [4.69, 9.17) is 9.84 Å². The summed E-state index contributed by atoms with van der Waals surface area (Å²) in [6.45, 7) is 7.24. The van der Waals surface area contributed by atoms with Crippen molar-refractivity contribution in [2.75, 3.05) is 13.2 Å². The Morgan fingerprint density at radius 1 is 1.46 bits per heavy atom. The van der Waals surface area contributed by atoms with Gasteiger partial charge in [0.1, 0.15) is 0 Å². The van der Waals surface area contributed by atoms with Crippen molar-refractivity contribution in [3.63, 3.8) is 0 Å². The molecule has 0 aliphatic carbocycles. The zero-order chi connectivity index (χ0) is 10.1. The zero-order valence-electron chi connectivity index (χ0n) is 8.54. The van der Waals surface area contributed by atoms with E-state index in [1.54, 1.807) is 6.92 Å². The molecule has 1 rings (SSSR count). The molecule has 0 aromatic rings. The van der Waals surface area contributed by atoms with Gasteiger partial charge in [0.2, 0.25) is 0 Å². The van der Waals surface area contributed by atoms with Crippen LogP contribution in [0.25, 0.3) is 0 Å². The summed E-state index contributed by atoms with van der Waals surface area (Å²) < 4.78 is 5.15. The molecule has 1 fully saturated rings. The van der Waals surface area contributed by atoms with E-state index in [0.717, 1.165) is 6.42 Å². The molecule has 13 heavy (non-hydrogen) atoms. The highest BCUT2D eigenvalue weighted by atomic mass is 16.5. The van der Waals surface area contributed by atoms with E-state index in [1.807, 2.05) is 0 Å². The molecule has 0 radical (unpaired) electrons. The minimum absolute atomic E-state index is 0.0972. The number of ether oxygens (including phenoxy) is 1. The third-order valence-electron chi connectivity index (χ3n) is 2.88. The Labute approximate surface area is 79.1 Å². The van der Waals surface area contributed by atoms with E-state index in [0.29, 0.717) is 19.1 Å². The number of rotatable bonds is 4. The van der Waals surface area contributed by atoms with Crippen molar-refractivity contribution >= 4 is 5.97 Å². The fraction of sp³-hybridized carbons (Fsp3) is 0.900. The summed E-state index contributed by atoms with van der Waals surface area (Å²) in [5.41, 5.74) is -0.0972. The standard InChI is InChI=1S/C10H18O3/c1-7(2)4-10(5-13-6-10)8(3)9(11)12/h7-8H,4-6H2,1-3H3,(H,11,12). The minimum Gasteiger partial charge on any atom is -0.481 e. The van der Waals surface area contributed by atoms with Crippen molar-refractivity contribution in [3.05, 3.63) is 0 Å². The lowest BCUT2D eigenvalue weighted by Gasteiger charge is -2.45. The van der Waals surface area contributed by atoms with Crippen LogP contribution in [0.3, 0.4) is 0 Å². The summed E-state index contributed by atoms with van der Waals surface area (Å²) in [6, 6.07) is 0. The van der Waals surface area contributed by atoms with Crippen LogP contribution in [0, 0.1) is 17.3 Å². The van der Waals surface area contributed by atoms with Gasteiger partial charge in [-0.1, -0.05) is 20.8 Å². The van der Waals surface area contributed by atoms with Gasteiger partial charge in [-0.15, -0.1) is 0 Å². The van der Waals surface area contributed by atoms with E-state index in [1.165, 1.54) is 0 Å². The maximum Gasteiger partial charge on any atom is 0.306 e. The second-order valence-corrected chi connectivity index (χ2v) is 4.51. The van der Waals surface area contributed by atoms with Gasteiger partial charge in [-0.25, -0.2) is 0 Å². The topological polar surface area (TPSA) is 46.5 Å². The number of hydrogen-bond acceptors (Lipinski definition) is 2. The lowest BCUT2D eigenvalue weighted by Crippen LogP contribution is -2.50. The highest BCUT2D eigenvalue weighted by Crippen LogP contribution is 2.41. The summed E-state index contributed by atoms with van der Waals surface area (Å²) >= 11 is 0. The summed E-state index contributed by atoms with van der Waals surface area (Å²) in [6.07, 6.45) is 0.945. The quantitative estimate of drug-likeness (QED) is 0.727. The van der Waals surface area contributed by atoms with E-state index >= 15 is 0 Å². The van der Waals surface area contributed by atoms with Crippen molar-refractivity contribution in [2.24, 2.45) is 17.3 Å². The van der Waals surface area contributed by atoms with Gasteiger partial charge >= 0.3 is 5.97 Å². The van der Waals surface area contributed by atoms with Gasteiger partial charge in [-0.3, -0.25) is 4.79 Å². The molecular weight excluding hydrogens is 168 g/mol. The van der Waals surface area contributed by atoms with Crippen LogP contribution in [-0.2, 0) is 9.53 Å². The number of carboxylic acid groups (broad SMARTS) is 1. The average molecular weight is 186 g/mol. The van der Waals surface area contributed by atoms with Gasteiger partial charge in [0.15, 0.2) is 0 Å². The molecular formula is C10H18O3. The molecule has 3 heteroatoms. The Bertz CT molecular complexity index is 194. The average Bonchev–Trinajstić information content (AvgIpc) is 1.95. The molecule has 0 amide bonds. The highest BCUT2D eigenvalue weighted by molar-refractivity contribution is 5.70. The van der Waals surface area contributed by atoms with Crippen molar-refractivity contribution < 1.29 is 14.6 Å². The van der Waals surface area contributed by atoms with E-state index < -0.39 is 5.97 Å². The first-order valence-corrected chi connectivity index (χ1v) is 4.78. The van der Waals surface area contributed by atoms with Gasteiger partial charge < -0.3 is 9.84 Å². The molecule has 1 saturated heterocycles. The van der Waals surface area contributed by atoms with E-state index in [-0.39, 0.29) is 11.3 Å². The minimum atomic E-state index is -0.705. The third kappa shape index (κ3) is 2.02. The van der Waals surface area contributed by atoms with Gasteiger partial charge in [0, 0.05) is 5.41 Å². The summed E-state index contributed by atoms with van der Waals surface area (Å²) in [4.78, 5) is 10.9. The molecule has 76 valence electrons. The smallest absolute Gasteiger partial charge is 0.306 e. The van der Waals surface area contributed by atoms with Crippen LogP contribution >= 0.6 is 0 Å². The first kappa shape index (κ1) is 10.5. The lowest BCUT2D eigenvalue weighted by molar-refractivity contribution is -0.177. The lowest BCUT2D eigenvalue weighted by atomic mass is 9.69. The van der Waals surface area contributed by atoms with Crippen LogP contribution in [0.1, 0.15) is 27.2 Å². The Balaban J connectivity index is 2.63. The largest absolute Gasteiger partial charge is 0.481 e. The van der Waals surface area contributed by atoms with Crippen LogP contribution in [0.15, 0.2) is 0 Å². The Morgan fingerprint density at radius 3 is 2.23 bits per heavy atom. The fourth-order valence-electron chi connectivity index (χ4n) is 1.98. The second-order valence-electron chi connectivity index (χ2n) is 4.51. The highest BCUT2D eigenvalue weighted by Gasteiger charge is 2.46. The molecule has 1 aliphatic heterocycles. The number of aliphatic carboxylic acids is 1. The summed E-state index contributed by atoms with van der Waals surface area (Å²) in [5.74, 6) is -0.460. The Hall–Kier alpha value is -0.570. The molecule has 1 heterocycles. The van der Waals surface area contributed by atoms with Crippen LogP contribution in [0.4, 0.5) is 0 Å². The SMILES string of the molecule is CC(C)CC1(C(C)C(=O)O)COC1. The monoisotopic (exact) mass is 186 g/mol. The van der Waals surface area contributed by atoms with E-state index in [2.05, 4.69) is 13.8 Å². The van der Waals surface area contributed by atoms with Crippen LogP contribution < -0.4 is 0 Å². The molecule has 0 saturated carbocycles. The Kier molecular flexibility index (Phi) is 2.96. The normalized spacial score (nSPS) is 22.5. The second kappa shape index (κ2) is 3.66. The first-order chi connectivity index (χ1) is 5.98. The number of carboxylic acids is 1. The molecule has 1 atom stereocenters. The summed E-state index contributed by atoms with van der Waals surface area (Å²) in [5, 5.41) is 8.94. The third-order valence-corrected chi connectivity index (χ3v) is 2.88. The molecule has 0 aromatic carbocycles. The summed E-state index contributed by atoms with van der Waals surface area (Å²) in [7, 11) is 0. The molecule has 1 aliphatic rings. The number of carbonyl (C=O) groups is 1. The maximum atomic E-state index is 10.9. The zero-order valence-corrected chi connectivity index (χ0v) is 8.54. The van der Waals surface area contributed by atoms with Crippen molar-refractivity contribution in [2.45, 2.75) is 27.2 Å². The first-order valence-electron chi connectivity index (χ1n) is 4.78. The number of hydrogen-bond donors (Lipinski definition) is 1. The molecule has 1 unspecified atom stereocenters. The molecule has 0 aromatic heterocycles. The predicted octanol–water partition coefficient (Wildman–Crippen LogP) is 1.77. The van der Waals surface area contributed by atoms with Crippen molar-refractivity contribution in [1.29, 1.82) is 0 Å². The van der Waals surface area contributed by atoms with Crippen LogP contribution in [0.5, 0.6) is 0 Å². The predicted molar refractivity (Wildman–Crippen MR) is 49.5 cm³/mol. The fourth-order valence-corrected chi connectivity index (χ4v) is 1.98. The molecule has 0 spiro atoms. The molecule has 0 bridgehead atoms. The van der Waals surface area contributed by atoms with Crippen LogP contribution in [0.2, 0.25) is 0 Å². The van der Waals surface area contributed by atoms with Gasteiger partial charge in [-0.2, -0.15) is 0 Å². The molecule has 3 nitrogen and oxygen atoms in total. The maximum absolute atomic E-state index is 10.9. The van der Waals surface area contributed by atoms with E-state index in [9.17, 15) is 4.79 Å². The van der Waals surface area contributed by atoms with Crippen LogP contribution in [-0.4, -0.2) is 24.3 Å². The van der Waals surface area contributed by atoms with Crippen molar-refractivity contribution in [3.8, 4) is 0 Å². The Morgan fingerprint density at radius 2 is 2.00 bits per heavy atom. The van der Waals surface area contributed by atoms with Gasteiger partial charge in [0.05, 0.1) is 19.1 Å². The van der Waals surface area contributed by atoms with Gasteiger partial charge in [-0.05, 0) is 12.3 Å². The van der Waals surface area contributed by atoms with Gasteiger partial charge in [0.25, 0.3) is 0 Å². The van der Waals surface area contributed by atoms with Crippen molar-refractivity contribution in [1.82, 2.24) is 0 Å². The molecule has 1 N–H and O–H groups in total.